The molecule has 0 aliphatic rings. The third-order valence-electron chi connectivity index (χ3n) is 2.43. The number of unbranched alkanes of at least 4 members (excludes halogenated alkanes) is 1. The summed E-state index contributed by atoms with van der Waals surface area (Å²) >= 11 is 1.76. The minimum atomic E-state index is 0.814. The topological polar surface area (TPSA) is 9.23 Å². The Bertz CT molecular complexity index is 403. The molecule has 0 unspecified atom stereocenters. The highest BCUT2D eigenvalue weighted by Gasteiger charge is 1.98. The van der Waals surface area contributed by atoms with Crippen LogP contribution in [0.25, 0.3) is 10.4 Å². The van der Waals surface area contributed by atoms with E-state index in [1.165, 1.54) is 16.9 Å². The molecule has 16 heavy (non-hydrogen) atoms. The highest BCUT2D eigenvalue weighted by atomic mass is 32.1. The van der Waals surface area contributed by atoms with E-state index >= 15 is 0 Å². The number of thiophene rings is 1. The van der Waals surface area contributed by atoms with Crippen molar-refractivity contribution in [3.05, 3.63) is 41.8 Å². The van der Waals surface area contributed by atoms with Gasteiger partial charge in [-0.1, -0.05) is 19.4 Å². The van der Waals surface area contributed by atoms with Gasteiger partial charge < -0.3 is 4.74 Å². The zero-order valence-corrected chi connectivity index (χ0v) is 10.3. The summed E-state index contributed by atoms with van der Waals surface area (Å²) in [6.07, 6.45) is 2.29. The Labute approximate surface area is 101 Å². The Morgan fingerprint density at radius 3 is 2.56 bits per heavy atom. The van der Waals surface area contributed by atoms with Crippen molar-refractivity contribution in [2.24, 2.45) is 0 Å². The average molecular weight is 232 g/mol. The molecule has 2 aromatic rings. The fourth-order valence-corrected chi connectivity index (χ4v) is 2.23. The number of ether oxygens (including phenoxy) is 1. The first-order valence-electron chi connectivity index (χ1n) is 5.67. The molecule has 0 aliphatic heterocycles. The van der Waals surface area contributed by atoms with Gasteiger partial charge in [-0.3, -0.25) is 0 Å². The van der Waals surface area contributed by atoms with Crippen LogP contribution < -0.4 is 4.74 Å². The van der Waals surface area contributed by atoms with Crippen molar-refractivity contribution in [2.45, 2.75) is 19.8 Å². The highest BCUT2D eigenvalue weighted by molar-refractivity contribution is 7.13. The summed E-state index contributed by atoms with van der Waals surface area (Å²) in [5.41, 5.74) is 1.26. The largest absolute Gasteiger partial charge is 0.494 e. The smallest absolute Gasteiger partial charge is 0.119 e. The Kier molecular flexibility index (Phi) is 4.00. The maximum Gasteiger partial charge on any atom is 0.119 e. The number of benzene rings is 1. The number of hydrogen-bond donors (Lipinski definition) is 0. The van der Waals surface area contributed by atoms with Crippen LogP contribution in [0.2, 0.25) is 0 Å². The molecule has 2 heteroatoms. The normalized spacial score (nSPS) is 10.3. The van der Waals surface area contributed by atoms with Crippen LogP contribution in [0.4, 0.5) is 0 Å². The van der Waals surface area contributed by atoms with Gasteiger partial charge in [0.1, 0.15) is 5.75 Å². The van der Waals surface area contributed by atoms with Gasteiger partial charge in [0, 0.05) is 4.88 Å². The molecule has 0 fully saturated rings. The predicted octanol–water partition coefficient (Wildman–Crippen LogP) is 4.59. The lowest BCUT2D eigenvalue weighted by molar-refractivity contribution is 0.309. The molecule has 1 aromatic heterocycles. The van der Waals surface area contributed by atoms with Gasteiger partial charge in [-0.2, -0.15) is 0 Å². The van der Waals surface area contributed by atoms with E-state index in [1.807, 2.05) is 12.1 Å². The molecule has 0 saturated carbocycles. The molecule has 1 aromatic carbocycles. The molecule has 1 heterocycles. The van der Waals surface area contributed by atoms with Crippen LogP contribution in [0.5, 0.6) is 5.75 Å². The van der Waals surface area contributed by atoms with Crippen molar-refractivity contribution < 1.29 is 4.74 Å². The van der Waals surface area contributed by atoms with Gasteiger partial charge in [0.25, 0.3) is 0 Å². The van der Waals surface area contributed by atoms with E-state index in [0.29, 0.717) is 0 Å². The fraction of sp³-hybridized carbons (Fsp3) is 0.286. The molecule has 2 rings (SSSR count). The third kappa shape index (κ3) is 2.86. The fourth-order valence-electron chi connectivity index (χ4n) is 1.49. The first kappa shape index (κ1) is 11.2. The zero-order valence-electron chi connectivity index (χ0n) is 9.48. The van der Waals surface area contributed by atoms with Crippen molar-refractivity contribution in [1.82, 2.24) is 0 Å². The lowest BCUT2D eigenvalue weighted by Crippen LogP contribution is -1.95. The van der Waals surface area contributed by atoms with Crippen LogP contribution in [-0.4, -0.2) is 6.61 Å². The second-order valence-corrected chi connectivity index (χ2v) is 4.65. The summed E-state index contributed by atoms with van der Waals surface area (Å²) in [4.78, 5) is 1.31. The zero-order chi connectivity index (χ0) is 11.2. The Morgan fingerprint density at radius 1 is 1.12 bits per heavy atom. The van der Waals surface area contributed by atoms with E-state index in [2.05, 4.69) is 36.6 Å². The van der Waals surface area contributed by atoms with Crippen LogP contribution in [0.1, 0.15) is 19.8 Å². The van der Waals surface area contributed by atoms with Gasteiger partial charge >= 0.3 is 0 Å². The predicted molar refractivity (Wildman–Crippen MR) is 70.2 cm³/mol. The van der Waals surface area contributed by atoms with Gasteiger partial charge in [0.2, 0.25) is 0 Å². The van der Waals surface area contributed by atoms with E-state index in [-0.39, 0.29) is 0 Å². The van der Waals surface area contributed by atoms with E-state index in [4.69, 9.17) is 4.74 Å². The molecular formula is C14H16OS. The van der Waals surface area contributed by atoms with E-state index in [9.17, 15) is 0 Å². The minimum absolute atomic E-state index is 0.814. The lowest BCUT2D eigenvalue weighted by atomic mass is 10.2. The standard InChI is InChI=1S/C14H16OS/c1-2-3-10-15-13-8-6-12(7-9-13)14-5-4-11-16-14/h4-9,11H,2-3,10H2,1H3. The maximum atomic E-state index is 5.62. The van der Waals surface area contributed by atoms with Crippen LogP contribution in [0.3, 0.4) is 0 Å². The van der Waals surface area contributed by atoms with Gasteiger partial charge in [-0.25, -0.2) is 0 Å². The highest BCUT2D eigenvalue weighted by Crippen LogP contribution is 2.26. The molecule has 0 bridgehead atoms. The van der Waals surface area contributed by atoms with Crippen molar-refractivity contribution in [2.75, 3.05) is 6.61 Å². The SMILES string of the molecule is CCCCOc1ccc(-c2cccs2)cc1. The Balaban J connectivity index is 2.00. The summed E-state index contributed by atoms with van der Waals surface area (Å²) in [7, 11) is 0. The van der Waals surface area contributed by atoms with E-state index < -0.39 is 0 Å². The lowest BCUT2D eigenvalue weighted by Gasteiger charge is -2.05. The summed E-state index contributed by atoms with van der Waals surface area (Å²) in [6, 6.07) is 12.5. The Morgan fingerprint density at radius 2 is 1.94 bits per heavy atom. The first-order valence-corrected chi connectivity index (χ1v) is 6.55. The molecule has 84 valence electrons. The Hall–Kier alpha value is -1.28. The molecule has 0 aliphatic carbocycles. The molecule has 0 radical (unpaired) electrons. The summed E-state index contributed by atoms with van der Waals surface area (Å²) in [5, 5.41) is 2.10. The molecular weight excluding hydrogens is 216 g/mol. The van der Waals surface area contributed by atoms with Crippen molar-refractivity contribution in [3.63, 3.8) is 0 Å². The second-order valence-electron chi connectivity index (χ2n) is 3.70. The monoisotopic (exact) mass is 232 g/mol. The molecule has 0 atom stereocenters. The summed E-state index contributed by atoms with van der Waals surface area (Å²) in [5.74, 6) is 0.966. The molecule has 0 N–H and O–H groups in total. The maximum absolute atomic E-state index is 5.62. The van der Waals surface area contributed by atoms with Crippen molar-refractivity contribution in [3.8, 4) is 16.2 Å². The number of rotatable bonds is 5. The van der Waals surface area contributed by atoms with E-state index in [1.54, 1.807) is 11.3 Å². The van der Waals surface area contributed by atoms with Crippen LogP contribution in [0, 0.1) is 0 Å². The summed E-state index contributed by atoms with van der Waals surface area (Å²) < 4.78 is 5.62. The van der Waals surface area contributed by atoms with Crippen molar-refractivity contribution >= 4 is 11.3 Å². The molecule has 0 saturated heterocycles. The van der Waals surface area contributed by atoms with Gasteiger partial charge in [-0.05, 0) is 47.7 Å². The van der Waals surface area contributed by atoms with Gasteiger partial charge in [0.05, 0.1) is 6.61 Å². The molecule has 0 amide bonds. The van der Waals surface area contributed by atoms with Gasteiger partial charge in [-0.15, -0.1) is 11.3 Å². The van der Waals surface area contributed by atoms with Crippen molar-refractivity contribution in [1.29, 1.82) is 0 Å². The van der Waals surface area contributed by atoms with Crippen LogP contribution >= 0.6 is 11.3 Å². The first-order chi connectivity index (χ1) is 7.90. The summed E-state index contributed by atoms with van der Waals surface area (Å²) in [6.45, 7) is 2.98. The molecule has 1 nitrogen and oxygen atoms in total. The third-order valence-corrected chi connectivity index (χ3v) is 3.35. The van der Waals surface area contributed by atoms with Gasteiger partial charge in [0.15, 0.2) is 0 Å². The second kappa shape index (κ2) is 5.71. The quantitative estimate of drug-likeness (QED) is 0.685. The molecule has 0 spiro atoms. The average Bonchev–Trinajstić information content (AvgIpc) is 2.84. The van der Waals surface area contributed by atoms with Crippen LogP contribution in [-0.2, 0) is 0 Å². The van der Waals surface area contributed by atoms with Crippen LogP contribution in [0.15, 0.2) is 41.8 Å². The van der Waals surface area contributed by atoms with E-state index in [0.717, 1.165) is 18.8 Å². The number of hydrogen-bond acceptors (Lipinski definition) is 2. The minimum Gasteiger partial charge on any atom is -0.494 e.